The van der Waals surface area contributed by atoms with Gasteiger partial charge in [-0.25, -0.2) is 4.57 Å². The molecule has 0 radical (unpaired) electrons. The number of hydrogen-bond acceptors (Lipinski definition) is 9. The minimum Gasteiger partial charge on any atom is -0.462 e. The highest BCUT2D eigenvalue weighted by Gasteiger charge is 2.27. The molecule has 0 aliphatic rings. The van der Waals surface area contributed by atoms with E-state index in [-0.39, 0.29) is 19.4 Å². The molecule has 11 heteroatoms. The third-order valence-electron chi connectivity index (χ3n) is 7.69. The number of hydrogen-bond donors (Lipinski definition) is 3. The van der Waals surface area contributed by atoms with Crippen LogP contribution in [0.15, 0.2) is 60.8 Å². The Morgan fingerprint density at radius 3 is 1.61 bits per heavy atom. The Labute approximate surface area is 308 Å². The lowest BCUT2D eigenvalue weighted by Crippen LogP contribution is -2.29. The van der Waals surface area contributed by atoms with Gasteiger partial charge in [0.15, 0.2) is 6.10 Å². The van der Waals surface area contributed by atoms with E-state index < -0.39 is 51.8 Å². The molecular weight excluding hydrogens is 671 g/mol. The lowest BCUT2D eigenvalue weighted by Gasteiger charge is -2.20. The van der Waals surface area contributed by atoms with E-state index in [4.69, 9.17) is 19.1 Å². The van der Waals surface area contributed by atoms with Crippen LogP contribution in [0.4, 0.5) is 0 Å². The van der Waals surface area contributed by atoms with Gasteiger partial charge in [0.2, 0.25) is 0 Å². The molecule has 1 unspecified atom stereocenters. The highest BCUT2D eigenvalue weighted by atomic mass is 31.2. The highest BCUT2D eigenvalue weighted by Crippen LogP contribution is 2.43. The van der Waals surface area contributed by atoms with Gasteiger partial charge >= 0.3 is 19.8 Å². The Hall–Kier alpha value is -2.33. The summed E-state index contributed by atoms with van der Waals surface area (Å²) in [5, 5.41) is 18.2. The predicted molar refractivity (Wildman–Crippen MR) is 205 cm³/mol. The maximum Gasteiger partial charge on any atom is 0.472 e. The number of aliphatic hydroxyl groups excluding tert-OH is 2. The van der Waals surface area contributed by atoms with E-state index in [2.05, 4.69) is 67.0 Å². The molecule has 294 valence electrons. The summed E-state index contributed by atoms with van der Waals surface area (Å²) in [6.45, 7) is 2.21. The van der Waals surface area contributed by atoms with Crippen molar-refractivity contribution in [1.82, 2.24) is 0 Å². The van der Waals surface area contributed by atoms with Crippen molar-refractivity contribution < 1.29 is 47.8 Å². The number of esters is 2. The molecule has 51 heavy (non-hydrogen) atoms. The van der Waals surface area contributed by atoms with Gasteiger partial charge in [-0.1, -0.05) is 139 Å². The first-order chi connectivity index (χ1) is 24.7. The van der Waals surface area contributed by atoms with Crippen molar-refractivity contribution in [2.24, 2.45) is 0 Å². The SMILES string of the molecule is CCCCC/C=C/C/C=C/C/C=C/C/C=C/C/C=C/CCC(=O)O[C@H](COC(=O)CCCCCCCCCCC)COP(=O)(O)OC[C@@H](O)CO. The normalized spacial score (nSPS) is 14.7. The van der Waals surface area contributed by atoms with Crippen LogP contribution in [0.3, 0.4) is 0 Å². The molecule has 0 spiro atoms. The minimum atomic E-state index is -4.63. The topological polar surface area (TPSA) is 149 Å². The molecule has 3 atom stereocenters. The summed E-state index contributed by atoms with van der Waals surface area (Å²) in [4.78, 5) is 34.7. The van der Waals surface area contributed by atoms with E-state index in [1.165, 1.54) is 57.8 Å². The number of carbonyl (C=O) groups is 2. The first-order valence-corrected chi connectivity index (χ1v) is 20.7. The number of ether oxygens (including phenoxy) is 2. The fourth-order valence-corrected chi connectivity index (χ4v) is 5.47. The second-order valence-corrected chi connectivity index (χ2v) is 14.1. The molecule has 0 rings (SSSR count). The maximum atomic E-state index is 12.5. The molecule has 0 aliphatic heterocycles. The van der Waals surface area contributed by atoms with E-state index in [9.17, 15) is 24.2 Å². The number of phosphoric acid groups is 1. The van der Waals surface area contributed by atoms with Gasteiger partial charge in [0, 0.05) is 12.8 Å². The summed E-state index contributed by atoms with van der Waals surface area (Å²) in [5.41, 5.74) is 0. The molecule has 0 bridgehead atoms. The fourth-order valence-electron chi connectivity index (χ4n) is 4.68. The zero-order valence-corrected chi connectivity index (χ0v) is 32.4. The van der Waals surface area contributed by atoms with Gasteiger partial charge < -0.3 is 24.6 Å². The average Bonchev–Trinajstić information content (AvgIpc) is 3.12. The zero-order chi connectivity index (χ0) is 37.7. The van der Waals surface area contributed by atoms with E-state index >= 15 is 0 Å². The third kappa shape index (κ3) is 35.8. The molecule has 0 saturated carbocycles. The molecule has 0 aromatic heterocycles. The second kappa shape index (κ2) is 36.0. The molecule has 3 N–H and O–H groups in total. The predicted octanol–water partition coefficient (Wildman–Crippen LogP) is 9.55. The van der Waals surface area contributed by atoms with Gasteiger partial charge in [-0.05, 0) is 51.4 Å². The standard InChI is InChI=1S/C40H69O10P/c1-3-5-7-9-11-13-14-15-16-17-18-19-20-21-22-24-26-28-30-32-40(44)50-38(36-49-51(45,46)48-34-37(42)33-41)35-47-39(43)31-29-27-25-23-12-10-8-6-4-2/h11,13,15-16,18-19,21-22,26,28,37-38,41-42H,3-10,12,14,17,20,23-25,27,29-36H2,1-2H3,(H,45,46)/b13-11+,16-15+,19-18+,22-21+,28-26+/t37-,38+/m0/s1. The van der Waals surface area contributed by atoms with Crippen molar-refractivity contribution in [2.75, 3.05) is 26.4 Å². The van der Waals surface area contributed by atoms with Crippen LogP contribution in [0, 0.1) is 0 Å². The van der Waals surface area contributed by atoms with Gasteiger partial charge in [0.25, 0.3) is 0 Å². The van der Waals surface area contributed by atoms with Crippen LogP contribution in [-0.2, 0) is 32.7 Å². The Bertz CT molecular complexity index is 1040. The molecule has 0 heterocycles. The number of allylic oxidation sites excluding steroid dienone is 10. The molecule has 0 amide bonds. The lowest BCUT2D eigenvalue weighted by molar-refractivity contribution is -0.161. The number of unbranched alkanes of at least 4 members (excludes halogenated alkanes) is 11. The van der Waals surface area contributed by atoms with E-state index in [1.807, 2.05) is 12.2 Å². The van der Waals surface area contributed by atoms with Gasteiger partial charge in [0.1, 0.15) is 12.7 Å². The Balaban J connectivity index is 4.49. The Morgan fingerprint density at radius 2 is 1.06 bits per heavy atom. The van der Waals surface area contributed by atoms with Crippen LogP contribution >= 0.6 is 7.82 Å². The van der Waals surface area contributed by atoms with Crippen LogP contribution in [0.5, 0.6) is 0 Å². The number of phosphoric ester groups is 1. The van der Waals surface area contributed by atoms with Gasteiger partial charge in [-0.2, -0.15) is 0 Å². The molecule has 0 aromatic carbocycles. The Kier molecular flexibility index (Phi) is 34.4. The zero-order valence-electron chi connectivity index (χ0n) is 31.5. The van der Waals surface area contributed by atoms with Crippen LogP contribution in [-0.4, -0.2) is 65.7 Å². The number of rotatable bonds is 35. The molecule has 0 aromatic rings. The van der Waals surface area contributed by atoms with Crippen LogP contribution < -0.4 is 0 Å². The first kappa shape index (κ1) is 48.7. The molecule has 10 nitrogen and oxygen atoms in total. The van der Waals surface area contributed by atoms with Gasteiger partial charge in [-0.15, -0.1) is 0 Å². The molecule has 0 fully saturated rings. The maximum absolute atomic E-state index is 12.5. The largest absolute Gasteiger partial charge is 0.472 e. The van der Waals surface area contributed by atoms with Crippen molar-refractivity contribution >= 4 is 19.8 Å². The summed E-state index contributed by atoms with van der Waals surface area (Å²) < 4.78 is 32.4. The van der Waals surface area contributed by atoms with Crippen LogP contribution in [0.2, 0.25) is 0 Å². The number of carbonyl (C=O) groups excluding carboxylic acids is 2. The van der Waals surface area contributed by atoms with Crippen molar-refractivity contribution in [3.8, 4) is 0 Å². The summed E-state index contributed by atoms with van der Waals surface area (Å²) in [7, 11) is -4.63. The van der Waals surface area contributed by atoms with Crippen molar-refractivity contribution in [3.63, 3.8) is 0 Å². The first-order valence-electron chi connectivity index (χ1n) is 19.2. The van der Waals surface area contributed by atoms with Crippen LogP contribution in [0.25, 0.3) is 0 Å². The van der Waals surface area contributed by atoms with E-state index in [1.54, 1.807) is 0 Å². The monoisotopic (exact) mass is 740 g/mol. The van der Waals surface area contributed by atoms with Crippen molar-refractivity contribution in [2.45, 2.75) is 154 Å². The fraction of sp³-hybridized carbons (Fsp3) is 0.700. The molecule has 0 aliphatic carbocycles. The molecular formula is C40H69O10P. The average molecular weight is 741 g/mol. The van der Waals surface area contributed by atoms with Crippen molar-refractivity contribution in [1.29, 1.82) is 0 Å². The quantitative estimate of drug-likeness (QED) is 0.0248. The molecule has 0 saturated heterocycles. The summed E-state index contributed by atoms with van der Waals surface area (Å²) >= 11 is 0. The van der Waals surface area contributed by atoms with E-state index in [0.29, 0.717) is 12.8 Å². The third-order valence-corrected chi connectivity index (χ3v) is 8.64. The highest BCUT2D eigenvalue weighted by molar-refractivity contribution is 7.47. The van der Waals surface area contributed by atoms with Gasteiger partial charge in [-0.3, -0.25) is 18.6 Å². The summed E-state index contributed by atoms with van der Waals surface area (Å²) in [5.74, 6) is -1.03. The Morgan fingerprint density at radius 1 is 0.588 bits per heavy atom. The van der Waals surface area contributed by atoms with Gasteiger partial charge in [0.05, 0.1) is 19.8 Å². The van der Waals surface area contributed by atoms with Crippen molar-refractivity contribution in [3.05, 3.63) is 60.8 Å². The lowest BCUT2D eigenvalue weighted by atomic mass is 10.1. The van der Waals surface area contributed by atoms with Crippen LogP contribution in [0.1, 0.15) is 142 Å². The van der Waals surface area contributed by atoms with E-state index in [0.717, 1.165) is 44.9 Å². The summed E-state index contributed by atoms with van der Waals surface area (Å²) in [6.07, 6.45) is 37.9. The summed E-state index contributed by atoms with van der Waals surface area (Å²) in [6, 6.07) is 0. The second-order valence-electron chi connectivity index (χ2n) is 12.6. The smallest absolute Gasteiger partial charge is 0.462 e. The number of aliphatic hydroxyl groups is 2. The minimum absolute atomic E-state index is 0.0595.